The Morgan fingerprint density at radius 3 is 2.91 bits per heavy atom. The Bertz CT molecular complexity index is 588. The highest BCUT2D eigenvalue weighted by molar-refractivity contribution is 5.79. The summed E-state index contributed by atoms with van der Waals surface area (Å²) in [5.41, 5.74) is 6.56. The zero-order valence-corrected chi connectivity index (χ0v) is 13.2. The number of nitrogens with zero attached hydrogens (tertiary/aromatic N) is 2. The number of carbonyl (C=O) groups is 1. The Kier molecular flexibility index (Phi) is 5.87. The van der Waals surface area contributed by atoms with Crippen LogP contribution in [0, 0.1) is 22.0 Å². The van der Waals surface area contributed by atoms with Crippen molar-refractivity contribution >= 4 is 11.6 Å². The SMILES string of the molecule is C=CCN(Cc1cccc([N+](=O)[O-])c1)C(=O)[C@@H]1CCC[C@@H]1CN. The molecule has 1 amide bonds. The lowest BCUT2D eigenvalue weighted by atomic mass is 9.94. The number of hydrogen-bond acceptors (Lipinski definition) is 4. The first-order chi connectivity index (χ1) is 11.1. The molecule has 0 aliphatic heterocycles. The number of nitrogens with two attached hydrogens (primary N) is 1. The van der Waals surface area contributed by atoms with Gasteiger partial charge in [-0.15, -0.1) is 6.58 Å². The van der Waals surface area contributed by atoms with Crippen LogP contribution in [-0.2, 0) is 11.3 Å². The molecule has 1 aromatic carbocycles. The molecule has 0 radical (unpaired) electrons. The van der Waals surface area contributed by atoms with E-state index in [4.69, 9.17) is 5.73 Å². The molecule has 1 aliphatic rings. The first-order valence-electron chi connectivity index (χ1n) is 7.90. The highest BCUT2D eigenvalue weighted by Gasteiger charge is 2.34. The van der Waals surface area contributed by atoms with Crippen LogP contribution in [0.5, 0.6) is 0 Å². The van der Waals surface area contributed by atoms with E-state index in [2.05, 4.69) is 6.58 Å². The van der Waals surface area contributed by atoms with Crippen molar-refractivity contribution in [3.05, 3.63) is 52.6 Å². The van der Waals surface area contributed by atoms with Gasteiger partial charge in [-0.25, -0.2) is 0 Å². The highest BCUT2D eigenvalue weighted by atomic mass is 16.6. The zero-order chi connectivity index (χ0) is 16.8. The molecule has 23 heavy (non-hydrogen) atoms. The zero-order valence-electron chi connectivity index (χ0n) is 13.2. The van der Waals surface area contributed by atoms with Crippen molar-refractivity contribution in [2.45, 2.75) is 25.8 Å². The normalized spacial score (nSPS) is 20.2. The Morgan fingerprint density at radius 1 is 1.48 bits per heavy atom. The fourth-order valence-corrected chi connectivity index (χ4v) is 3.26. The summed E-state index contributed by atoms with van der Waals surface area (Å²) in [6.07, 6.45) is 4.56. The molecule has 0 saturated heterocycles. The van der Waals surface area contributed by atoms with E-state index < -0.39 is 4.92 Å². The number of hydrogen-bond donors (Lipinski definition) is 1. The van der Waals surface area contributed by atoms with Gasteiger partial charge in [0, 0.05) is 31.1 Å². The summed E-state index contributed by atoms with van der Waals surface area (Å²) in [5.74, 6) is 0.267. The van der Waals surface area contributed by atoms with Crippen molar-refractivity contribution in [2.24, 2.45) is 17.6 Å². The van der Waals surface area contributed by atoms with E-state index in [-0.39, 0.29) is 23.4 Å². The topological polar surface area (TPSA) is 89.5 Å². The third-order valence-electron chi connectivity index (χ3n) is 4.44. The third-order valence-corrected chi connectivity index (χ3v) is 4.44. The summed E-state index contributed by atoms with van der Waals surface area (Å²) in [5, 5.41) is 10.9. The molecule has 1 aliphatic carbocycles. The number of rotatable bonds is 7. The van der Waals surface area contributed by atoms with E-state index in [0.29, 0.717) is 19.6 Å². The van der Waals surface area contributed by atoms with Crippen molar-refractivity contribution < 1.29 is 9.72 Å². The second kappa shape index (κ2) is 7.87. The summed E-state index contributed by atoms with van der Waals surface area (Å²) in [4.78, 5) is 25.0. The van der Waals surface area contributed by atoms with Gasteiger partial charge in [-0.1, -0.05) is 24.6 Å². The van der Waals surface area contributed by atoms with Gasteiger partial charge in [0.2, 0.25) is 5.91 Å². The summed E-state index contributed by atoms with van der Waals surface area (Å²) >= 11 is 0. The quantitative estimate of drug-likeness (QED) is 0.475. The van der Waals surface area contributed by atoms with Gasteiger partial charge in [0.1, 0.15) is 0 Å². The van der Waals surface area contributed by atoms with Crippen molar-refractivity contribution in [2.75, 3.05) is 13.1 Å². The predicted molar refractivity (Wildman–Crippen MR) is 88.6 cm³/mol. The largest absolute Gasteiger partial charge is 0.334 e. The fourth-order valence-electron chi connectivity index (χ4n) is 3.26. The molecule has 124 valence electrons. The molecule has 1 aromatic rings. The number of nitro benzene ring substituents is 1. The number of non-ortho nitro benzene ring substituents is 1. The van der Waals surface area contributed by atoms with Gasteiger partial charge < -0.3 is 10.6 Å². The molecule has 0 heterocycles. The van der Waals surface area contributed by atoms with Crippen LogP contribution in [0.4, 0.5) is 5.69 Å². The van der Waals surface area contributed by atoms with Crippen LogP contribution in [0.3, 0.4) is 0 Å². The number of nitro groups is 1. The van der Waals surface area contributed by atoms with Crippen molar-refractivity contribution in [1.29, 1.82) is 0 Å². The van der Waals surface area contributed by atoms with Crippen LogP contribution in [0.15, 0.2) is 36.9 Å². The summed E-state index contributed by atoms with van der Waals surface area (Å²) in [6, 6.07) is 6.40. The molecule has 1 fully saturated rings. The van der Waals surface area contributed by atoms with E-state index in [9.17, 15) is 14.9 Å². The average Bonchev–Trinajstić information content (AvgIpc) is 3.02. The molecule has 2 N–H and O–H groups in total. The van der Waals surface area contributed by atoms with Crippen LogP contribution in [0.2, 0.25) is 0 Å². The Morgan fingerprint density at radius 2 is 2.26 bits per heavy atom. The van der Waals surface area contributed by atoms with Crippen LogP contribution in [-0.4, -0.2) is 28.8 Å². The molecular formula is C17H23N3O3. The lowest BCUT2D eigenvalue weighted by Crippen LogP contribution is -2.38. The second-order valence-electron chi connectivity index (χ2n) is 5.97. The predicted octanol–water partition coefficient (Wildman–Crippen LogP) is 2.48. The molecule has 0 unspecified atom stereocenters. The Labute approximate surface area is 136 Å². The van der Waals surface area contributed by atoms with Gasteiger partial charge in [-0.05, 0) is 30.9 Å². The number of benzene rings is 1. The standard InChI is InChI=1S/C17H23N3O3/c1-2-9-19(17(21)16-8-4-6-14(16)11-18)12-13-5-3-7-15(10-13)20(22)23/h2-3,5,7,10,14,16H,1,4,6,8-9,11-12,18H2/t14-,16-/m1/s1. The maximum Gasteiger partial charge on any atom is 0.269 e. The maximum atomic E-state index is 12.8. The summed E-state index contributed by atoms with van der Waals surface area (Å²) in [7, 11) is 0. The third kappa shape index (κ3) is 4.16. The Balaban J connectivity index is 2.15. The number of amides is 1. The van der Waals surface area contributed by atoms with Gasteiger partial charge in [0.05, 0.1) is 4.92 Å². The van der Waals surface area contributed by atoms with Crippen LogP contribution < -0.4 is 5.73 Å². The van der Waals surface area contributed by atoms with Gasteiger partial charge in [0.15, 0.2) is 0 Å². The molecular weight excluding hydrogens is 294 g/mol. The van der Waals surface area contributed by atoms with Gasteiger partial charge >= 0.3 is 0 Å². The van der Waals surface area contributed by atoms with Crippen LogP contribution >= 0.6 is 0 Å². The van der Waals surface area contributed by atoms with E-state index >= 15 is 0 Å². The van der Waals surface area contributed by atoms with E-state index in [1.165, 1.54) is 12.1 Å². The van der Waals surface area contributed by atoms with E-state index in [1.807, 2.05) is 0 Å². The number of carbonyl (C=O) groups excluding carboxylic acids is 1. The lowest BCUT2D eigenvalue weighted by Gasteiger charge is -2.27. The van der Waals surface area contributed by atoms with Crippen molar-refractivity contribution in [3.63, 3.8) is 0 Å². The van der Waals surface area contributed by atoms with Gasteiger partial charge in [-0.2, -0.15) is 0 Å². The summed E-state index contributed by atoms with van der Waals surface area (Å²) < 4.78 is 0. The summed E-state index contributed by atoms with van der Waals surface area (Å²) in [6.45, 7) is 5.01. The molecule has 6 nitrogen and oxygen atoms in total. The molecule has 1 saturated carbocycles. The first kappa shape index (κ1) is 17.1. The average molecular weight is 317 g/mol. The van der Waals surface area contributed by atoms with Gasteiger partial charge in [0.25, 0.3) is 5.69 Å². The van der Waals surface area contributed by atoms with Gasteiger partial charge in [-0.3, -0.25) is 14.9 Å². The fraction of sp³-hybridized carbons (Fsp3) is 0.471. The molecule has 0 spiro atoms. The monoisotopic (exact) mass is 317 g/mol. The highest BCUT2D eigenvalue weighted by Crippen LogP contribution is 2.32. The molecule has 0 aromatic heterocycles. The van der Waals surface area contributed by atoms with Crippen LogP contribution in [0.25, 0.3) is 0 Å². The first-order valence-corrected chi connectivity index (χ1v) is 7.90. The van der Waals surface area contributed by atoms with Crippen molar-refractivity contribution in [3.8, 4) is 0 Å². The molecule has 2 atom stereocenters. The Hall–Kier alpha value is -2.21. The minimum Gasteiger partial charge on any atom is -0.334 e. The minimum absolute atomic E-state index is 0.0363. The van der Waals surface area contributed by atoms with Crippen LogP contribution in [0.1, 0.15) is 24.8 Å². The molecule has 0 bridgehead atoms. The lowest BCUT2D eigenvalue weighted by molar-refractivity contribution is -0.384. The second-order valence-corrected chi connectivity index (χ2v) is 5.97. The van der Waals surface area contributed by atoms with E-state index in [0.717, 1.165) is 24.8 Å². The molecule has 6 heteroatoms. The maximum absolute atomic E-state index is 12.8. The smallest absolute Gasteiger partial charge is 0.269 e. The van der Waals surface area contributed by atoms with Crippen molar-refractivity contribution in [1.82, 2.24) is 4.90 Å². The minimum atomic E-state index is -0.426. The van der Waals surface area contributed by atoms with E-state index in [1.54, 1.807) is 23.1 Å². The molecule has 2 rings (SSSR count).